The zero-order valence-electron chi connectivity index (χ0n) is 9.78. The molecular formula is C14H15FN2. The predicted molar refractivity (Wildman–Crippen MR) is 67.0 cm³/mol. The normalized spacial score (nSPS) is 10.5. The monoisotopic (exact) mass is 230 g/mol. The van der Waals surface area contributed by atoms with Gasteiger partial charge in [0.2, 0.25) is 0 Å². The zero-order valence-corrected chi connectivity index (χ0v) is 9.78. The molecule has 0 unspecified atom stereocenters. The molecule has 0 amide bonds. The average Bonchev–Trinajstić information content (AvgIpc) is 2.37. The number of aromatic nitrogens is 1. The maximum absolute atomic E-state index is 13.3. The molecule has 2 nitrogen and oxygen atoms in total. The van der Waals surface area contributed by atoms with Gasteiger partial charge < -0.3 is 5.32 Å². The largest absolute Gasteiger partial charge is 0.313 e. The van der Waals surface area contributed by atoms with E-state index in [-0.39, 0.29) is 5.82 Å². The molecule has 17 heavy (non-hydrogen) atoms. The SMILES string of the molecule is CCNCc1cc(F)ccc1-c1ccncc1. The summed E-state index contributed by atoms with van der Waals surface area (Å²) in [5.74, 6) is -0.198. The molecule has 1 N–H and O–H groups in total. The average molecular weight is 230 g/mol. The van der Waals surface area contributed by atoms with Crippen molar-refractivity contribution in [2.75, 3.05) is 6.54 Å². The fourth-order valence-electron chi connectivity index (χ4n) is 1.78. The van der Waals surface area contributed by atoms with E-state index >= 15 is 0 Å². The molecule has 3 heteroatoms. The molecule has 0 fully saturated rings. The molecule has 0 radical (unpaired) electrons. The van der Waals surface area contributed by atoms with Crippen LogP contribution in [0, 0.1) is 5.82 Å². The number of hydrogen-bond donors (Lipinski definition) is 1. The molecule has 0 aliphatic heterocycles. The first-order chi connectivity index (χ1) is 8.31. The summed E-state index contributed by atoms with van der Waals surface area (Å²) in [6, 6.07) is 8.76. The van der Waals surface area contributed by atoms with Gasteiger partial charge >= 0.3 is 0 Å². The molecule has 2 aromatic rings. The molecule has 88 valence electrons. The summed E-state index contributed by atoms with van der Waals surface area (Å²) in [5.41, 5.74) is 3.08. The van der Waals surface area contributed by atoms with Gasteiger partial charge in [0.05, 0.1) is 0 Å². The van der Waals surface area contributed by atoms with E-state index in [0.717, 1.165) is 23.2 Å². The van der Waals surface area contributed by atoms with E-state index in [0.29, 0.717) is 6.54 Å². The van der Waals surface area contributed by atoms with Crippen molar-refractivity contribution in [3.8, 4) is 11.1 Å². The summed E-state index contributed by atoms with van der Waals surface area (Å²) < 4.78 is 13.3. The number of nitrogens with zero attached hydrogens (tertiary/aromatic N) is 1. The van der Waals surface area contributed by atoms with E-state index in [1.165, 1.54) is 6.07 Å². The summed E-state index contributed by atoms with van der Waals surface area (Å²) in [4.78, 5) is 3.99. The molecular weight excluding hydrogens is 215 g/mol. The van der Waals surface area contributed by atoms with Crippen LogP contribution in [0.25, 0.3) is 11.1 Å². The quantitative estimate of drug-likeness (QED) is 0.873. The van der Waals surface area contributed by atoms with Crippen LogP contribution in [0.5, 0.6) is 0 Å². The number of pyridine rings is 1. The van der Waals surface area contributed by atoms with Gasteiger partial charge in [0.15, 0.2) is 0 Å². The topological polar surface area (TPSA) is 24.9 Å². The maximum Gasteiger partial charge on any atom is 0.123 e. The Hall–Kier alpha value is -1.74. The minimum absolute atomic E-state index is 0.198. The van der Waals surface area contributed by atoms with Crippen LogP contribution in [0.1, 0.15) is 12.5 Å². The fourth-order valence-corrected chi connectivity index (χ4v) is 1.78. The molecule has 2 rings (SSSR count). The Labute approximate surface area is 101 Å². The van der Waals surface area contributed by atoms with Gasteiger partial charge in [-0.3, -0.25) is 4.98 Å². The molecule has 0 aliphatic carbocycles. The van der Waals surface area contributed by atoms with Crippen LogP contribution in [-0.4, -0.2) is 11.5 Å². The summed E-state index contributed by atoms with van der Waals surface area (Å²) in [7, 11) is 0. The Kier molecular flexibility index (Phi) is 3.83. The number of rotatable bonds is 4. The standard InChI is InChI=1S/C14H15FN2/c1-2-16-10-12-9-13(15)3-4-14(12)11-5-7-17-8-6-11/h3-9,16H,2,10H2,1H3. The highest BCUT2D eigenvalue weighted by Gasteiger charge is 2.05. The second-order valence-corrected chi connectivity index (χ2v) is 3.82. The van der Waals surface area contributed by atoms with E-state index in [9.17, 15) is 4.39 Å². The van der Waals surface area contributed by atoms with Crippen molar-refractivity contribution in [2.24, 2.45) is 0 Å². The van der Waals surface area contributed by atoms with Crippen molar-refractivity contribution >= 4 is 0 Å². The van der Waals surface area contributed by atoms with E-state index in [1.54, 1.807) is 18.5 Å². The molecule has 0 aliphatic rings. The van der Waals surface area contributed by atoms with Crippen molar-refractivity contribution in [3.63, 3.8) is 0 Å². The lowest BCUT2D eigenvalue weighted by molar-refractivity contribution is 0.622. The highest BCUT2D eigenvalue weighted by Crippen LogP contribution is 2.23. The molecule has 1 heterocycles. The molecule has 0 saturated heterocycles. The Morgan fingerprint density at radius 2 is 1.94 bits per heavy atom. The number of halogens is 1. The van der Waals surface area contributed by atoms with Crippen LogP contribution in [0.15, 0.2) is 42.7 Å². The van der Waals surface area contributed by atoms with Crippen LogP contribution in [0.3, 0.4) is 0 Å². The van der Waals surface area contributed by atoms with Gasteiger partial charge in [-0.2, -0.15) is 0 Å². The van der Waals surface area contributed by atoms with E-state index in [2.05, 4.69) is 10.3 Å². The second-order valence-electron chi connectivity index (χ2n) is 3.82. The van der Waals surface area contributed by atoms with Gasteiger partial charge in [0.25, 0.3) is 0 Å². The number of hydrogen-bond acceptors (Lipinski definition) is 2. The van der Waals surface area contributed by atoms with Gasteiger partial charge in [-0.25, -0.2) is 4.39 Å². The summed E-state index contributed by atoms with van der Waals surface area (Å²) in [6.45, 7) is 3.57. The molecule has 0 bridgehead atoms. The first kappa shape index (κ1) is 11.7. The third-order valence-corrected chi connectivity index (χ3v) is 2.62. The lowest BCUT2D eigenvalue weighted by atomic mass is 10.0. The molecule has 1 aromatic heterocycles. The highest BCUT2D eigenvalue weighted by molar-refractivity contribution is 5.66. The minimum Gasteiger partial charge on any atom is -0.313 e. The number of benzene rings is 1. The van der Waals surface area contributed by atoms with Crippen LogP contribution in [0.2, 0.25) is 0 Å². The van der Waals surface area contributed by atoms with Crippen LogP contribution in [0.4, 0.5) is 4.39 Å². The Morgan fingerprint density at radius 3 is 2.65 bits per heavy atom. The van der Waals surface area contributed by atoms with Crippen molar-refractivity contribution in [1.82, 2.24) is 10.3 Å². The van der Waals surface area contributed by atoms with Crippen molar-refractivity contribution in [2.45, 2.75) is 13.5 Å². The third kappa shape index (κ3) is 2.88. The Morgan fingerprint density at radius 1 is 1.18 bits per heavy atom. The molecule has 0 atom stereocenters. The van der Waals surface area contributed by atoms with Gasteiger partial charge in [-0.1, -0.05) is 13.0 Å². The third-order valence-electron chi connectivity index (χ3n) is 2.62. The summed E-state index contributed by atoms with van der Waals surface area (Å²) >= 11 is 0. The van der Waals surface area contributed by atoms with Gasteiger partial charge in [0, 0.05) is 18.9 Å². The lowest BCUT2D eigenvalue weighted by Crippen LogP contribution is -2.12. The molecule has 0 spiro atoms. The first-order valence-electron chi connectivity index (χ1n) is 5.71. The summed E-state index contributed by atoms with van der Waals surface area (Å²) in [6.07, 6.45) is 3.49. The fraction of sp³-hybridized carbons (Fsp3) is 0.214. The van der Waals surface area contributed by atoms with Crippen LogP contribution in [-0.2, 0) is 6.54 Å². The van der Waals surface area contributed by atoms with Crippen molar-refractivity contribution < 1.29 is 4.39 Å². The predicted octanol–water partition coefficient (Wildman–Crippen LogP) is 3.00. The van der Waals surface area contributed by atoms with Gasteiger partial charge in [-0.05, 0) is 47.5 Å². The first-order valence-corrected chi connectivity index (χ1v) is 5.71. The molecule has 1 aromatic carbocycles. The van der Waals surface area contributed by atoms with E-state index < -0.39 is 0 Å². The van der Waals surface area contributed by atoms with Crippen LogP contribution >= 0.6 is 0 Å². The Bertz CT molecular complexity index is 483. The Balaban J connectivity index is 2.39. The van der Waals surface area contributed by atoms with Crippen molar-refractivity contribution in [3.05, 3.63) is 54.1 Å². The second kappa shape index (κ2) is 5.55. The zero-order chi connectivity index (χ0) is 12.1. The van der Waals surface area contributed by atoms with E-state index in [4.69, 9.17) is 0 Å². The summed E-state index contributed by atoms with van der Waals surface area (Å²) in [5, 5.41) is 3.22. The minimum atomic E-state index is -0.198. The number of nitrogens with one attached hydrogen (secondary N) is 1. The molecule has 0 saturated carbocycles. The smallest absolute Gasteiger partial charge is 0.123 e. The lowest BCUT2D eigenvalue weighted by Gasteiger charge is -2.10. The van der Waals surface area contributed by atoms with E-state index in [1.807, 2.05) is 25.1 Å². The van der Waals surface area contributed by atoms with Gasteiger partial charge in [0.1, 0.15) is 5.82 Å². The van der Waals surface area contributed by atoms with Crippen molar-refractivity contribution in [1.29, 1.82) is 0 Å². The highest BCUT2D eigenvalue weighted by atomic mass is 19.1. The van der Waals surface area contributed by atoms with Gasteiger partial charge in [-0.15, -0.1) is 0 Å². The maximum atomic E-state index is 13.3. The van der Waals surface area contributed by atoms with Crippen LogP contribution < -0.4 is 5.32 Å².